The maximum absolute atomic E-state index is 5.47. The van der Waals surface area contributed by atoms with Gasteiger partial charge >= 0.3 is 0 Å². The van der Waals surface area contributed by atoms with Crippen LogP contribution in [0.15, 0.2) is 0 Å². The molecule has 0 radical (unpaired) electrons. The topological polar surface area (TPSA) is 21.3 Å². The van der Waals surface area contributed by atoms with Crippen molar-refractivity contribution in [2.45, 2.75) is 53.0 Å². The minimum Gasteiger partial charge on any atom is -0.301 e. The third-order valence-electron chi connectivity index (χ3n) is 3.26. The van der Waals surface area contributed by atoms with Crippen molar-refractivity contribution in [1.29, 1.82) is 0 Å². The third kappa shape index (κ3) is 3.97. The first-order valence-corrected chi connectivity index (χ1v) is 5.97. The van der Waals surface area contributed by atoms with Crippen LogP contribution in [0, 0.1) is 17.8 Å². The Morgan fingerprint density at radius 1 is 1.21 bits per heavy atom. The van der Waals surface area contributed by atoms with E-state index in [-0.39, 0.29) is 0 Å². The van der Waals surface area contributed by atoms with Crippen molar-refractivity contribution in [2.24, 2.45) is 17.8 Å². The predicted octanol–water partition coefficient (Wildman–Crippen LogP) is 2.99. The summed E-state index contributed by atoms with van der Waals surface area (Å²) in [6, 6.07) is 0.583. The highest BCUT2D eigenvalue weighted by atomic mass is 16.6. The standard InChI is InChI=1S/C12H25NO/c1-9(2)8-14-13-12-6-5-10(3)11(4)7-12/h9-13H,5-8H2,1-4H3. The molecule has 2 nitrogen and oxygen atoms in total. The lowest BCUT2D eigenvalue weighted by Gasteiger charge is -2.32. The second kappa shape index (κ2) is 5.72. The van der Waals surface area contributed by atoms with Crippen LogP contribution in [0.4, 0.5) is 0 Å². The van der Waals surface area contributed by atoms with Gasteiger partial charge in [-0.15, -0.1) is 0 Å². The van der Waals surface area contributed by atoms with Gasteiger partial charge in [-0.05, 0) is 37.0 Å². The Kier molecular flexibility index (Phi) is 4.90. The normalized spacial score (nSPS) is 33.6. The molecule has 0 aliphatic heterocycles. The molecule has 3 unspecified atom stereocenters. The van der Waals surface area contributed by atoms with Crippen molar-refractivity contribution in [3.05, 3.63) is 0 Å². The Hall–Kier alpha value is -0.0800. The molecule has 1 rings (SSSR count). The van der Waals surface area contributed by atoms with Gasteiger partial charge in [0.25, 0.3) is 0 Å². The highest BCUT2D eigenvalue weighted by Crippen LogP contribution is 2.29. The van der Waals surface area contributed by atoms with Crippen LogP contribution in [-0.2, 0) is 4.84 Å². The smallest absolute Gasteiger partial charge is 0.0705 e. The van der Waals surface area contributed by atoms with Crippen molar-refractivity contribution >= 4 is 0 Å². The fraction of sp³-hybridized carbons (Fsp3) is 1.00. The number of rotatable bonds is 4. The highest BCUT2D eigenvalue weighted by Gasteiger charge is 2.24. The lowest BCUT2D eigenvalue weighted by molar-refractivity contribution is -0.0156. The SMILES string of the molecule is CC(C)CONC1CCC(C)C(C)C1. The molecule has 14 heavy (non-hydrogen) atoms. The molecular formula is C12H25NO. The maximum Gasteiger partial charge on any atom is 0.0705 e. The number of hydrogen-bond donors (Lipinski definition) is 1. The van der Waals surface area contributed by atoms with Gasteiger partial charge in [0.2, 0.25) is 0 Å². The molecule has 0 amide bonds. The first-order chi connectivity index (χ1) is 6.59. The summed E-state index contributed by atoms with van der Waals surface area (Å²) in [5.74, 6) is 2.34. The fourth-order valence-corrected chi connectivity index (χ4v) is 1.99. The second-order valence-electron chi connectivity index (χ2n) is 5.29. The predicted molar refractivity (Wildman–Crippen MR) is 59.9 cm³/mol. The van der Waals surface area contributed by atoms with E-state index < -0.39 is 0 Å². The van der Waals surface area contributed by atoms with Crippen molar-refractivity contribution in [3.63, 3.8) is 0 Å². The maximum atomic E-state index is 5.47. The summed E-state index contributed by atoms with van der Waals surface area (Å²) in [6.45, 7) is 9.87. The van der Waals surface area contributed by atoms with Crippen LogP contribution >= 0.6 is 0 Å². The molecule has 84 valence electrons. The van der Waals surface area contributed by atoms with Gasteiger partial charge in [0.15, 0.2) is 0 Å². The molecule has 1 aliphatic rings. The van der Waals surface area contributed by atoms with E-state index in [1.807, 2.05) is 0 Å². The minimum absolute atomic E-state index is 0.583. The molecule has 0 spiro atoms. The van der Waals surface area contributed by atoms with E-state index in [4.69, 9.17) is 4.84 Å². The highest BCUT2D eigenvalue weighted by molar-refractivity contribution is 4.77. The molecule has 0 aromatic heterocycles. The van der Waals surface area contributed by atoms with Gasteiger partial charge in [0.05, 0.1) is 6.61 Å². The van der Waals surface area contributed by atoms with Crippen LogP contribution in [0.25, 0.3) is 0 Å². The lowest BCUT2D eigenvalue weighted by Crippen LogP contribution is -2.36. The second-order valence-corrected chi connectivity index (χ2v) is 5.29. The zero-order valence-corrected chi connectivity index (χ0v) is 10.0. The molecule has 2 heteroatoms. The molecule has 1 fully saturated rings. The number of hydrogen-bond acceptors (Lipinski definition) is 2. The van der Waals surface area contributed by atoms with Crippen molar-refractivity contribution < 1.29 is 4.84 Å². The number of nitrogens with one attached hydrogen (secondary N) is 1. The molecule has 1 aliphatic carbocycles. The van der Waals surface area contributed by atoms with Gasteiger partial charge in [0, 0.05) is 6.04 Å². The molecule has 0 saturated heterocycles. The average Bonchev–Trinajstić information content (AvgIpc) is 2.10. The van der Waals surface area contributed by atoms with Crippen molar-refractivity contribution in [2.75, 3.05) is 6.61 Å². The van der Waals surface area contributed by atoms with Gasteiger partial charge in [-0.25, -0.2) is 0 Å². The zero-order valence-electron chi connectivity index (χ0n) is 10.0. The van der Waals surface area contributed by atoms with E-state index in [9.17, 15) is 0 Å². The Morgan fingerprint density at radius 3 is 2.50 bits per heavy atom. The zero-order chi connectivity index (χ0) is 10.6. The van der Waals surface area contributed by atoms with Gasteiger partial charge in [-0.1, -0.05) is 27.7 Å². The Bertz CT molecular complexity index is 158. The molecule has 3 atom stereocenters. The summed E-state index contributed by atoms with van der Waals surface area (Å²) in [6.07, 6.45) is 3.87. The molecule has 0 bridgehead atoms. The summed E-state index contributed by atoms with van der Waals surface area (Å²) in [5, 5.41) is 0. The van der Waals surface area contributed by atoms with Gasteiger partial charge in [0.1, 0.15) is 0 Å². The van der Waals surface area contributed by atoms with E-state index >= 15 is 0 Å². The van der Waals surface area contributed by atoms with E-state index in [0.29, 0.717) is 12.0 Å². The summed E-state index contributed by atoms with van der Waals surface area (Å²) < 4.78 is 0. The summed E-state index contributed by atoms with van der Waals surface area (Å²) in [4.78, 5) is 5.47. The van der Waals surface area contributed by atoms with Crippen LogP contribution in [0.2, 0.25) is 0 Å². The van der Waals surface area contributed by atoms with Crippen molar-refractivity contribution in [1.82, 2.24) is 5.48 Å². The van der Waals surface area contributed by atoms with Gasteiger partial charge < -0.3 is 4.84 Å². The van der Waals surface area contributed by atoms with E-state index in [0.717, 1.165) is 18.4 Å². The first kappa shape index (κ1) is 12.0. The average molecular weight is 199 g/mol. The molecule has 1 N–H and O–H groups in total. The molecule has 0 aromatic rings. The first-order valence-electron chi connectivity index (χ1n) is 5.97. The van der Waals surface area contributed by atoms with Crippen LogP contribution in [-0.4, -0.2) is 12.6 Å². The van der Waals surface area contributed by atoms with Crippen LogP contribution < -0.4 is 5.48 Å². The monoisotopic (exact) mass is 199 g/mol. The van der Waals surface area contributed by atoms with Gasteiger partial charge in [-0.3, -0.25) is 0 Å². The molecule has 0 aromatic carbocycles. The van der Waals surface area contributed by atoms with E-state index in [1.54, 1.807) is 0 Å². The van der Waals surface area contributed by atoms with Crippen LogP contribution in [0.1, 0.15) is 47.0 Å². The Balaban J connectivity index is 2.13. The largest absolute Gasteiger partial charge is 0.301 e. The third-order valence-corrected chi connectivity index (χ3v) is 3.26. The quantitative estimate of drug-likeness (QED) is 0.703. The summed E-state index contributed by atoms with van der Waals surface area (Å²) >= 11 is 0. The van der Waals surface area contributed by atoms with Gasteiger partial charge in [-0.2, -0.15) is 5.48 Å². The van der Waals surface area contributed by atoms with E-state index in [1.165, 1.54) is 19.3 Å². The minimum atomic E-state index is 0.583. The summed E-state index contributed by atoms with van der Waals surface area (Å²) in [5.41, 5.74) is 3.20. The molecule has 1 saturated carbocycles. The van der Waals surface area contributed by atoms with E-state index in [2.05, 4.69) is 33.2 Å². The number of hydroxylamine groups is 1. The van der Waals surface area contributed by atoms with Crippen LogP contribution in [0.3, 0.4) is 0 Å². The van der Waals surface area contributed by atoms with Crippen LogP contribution in [0.5, 0.6) is 0 Å². The molecule has 0 heterocycles. The fourth-order valence-electron chi connectivity index (χ4n) is 1.99. The molecular weight excluding hydrogens is 174 g/mol. The Labute approximate surface area is 88.4 Å². The van der Waals surface area contributed by atoms with Crippen molar-refractivity contribution in [3.8, 4) is 0 Å². The lowest BCUT2D eigenvalue weighted by atomic mass is 9.79. The Morgan fingerprint density at radius 2 is 1.93 bits per heavy atom. The summed E-state index contributed by atoms with van der Waals surface area (Å²) in [7, 11) is 0.